The van der Waals surface area contributed by atoms with Crippen molar-refractivity contribution in [3.63, 3.8) is 0 Å². The molecule has 0 aliphatic heterocycles. The third-order valence-electron chi connectivity index (χ3n) is 5.88. The molecule has 1 saturated carbocycles. The molecule has 154 valence electrons. The number of carbonyl (C=O) groups excluding carboxylic acids is 2. The molecule has 4 heteroatoms. The quantitative estimate of drug-likeness (QED) is 0.750. The van der Waals surface area contributed by atoms with Gasteiger partial charge in [-0.15, -0.1) is 0 Å². The summed E-state index contributed by atoms with van der Waals surface area (Å²) < 4.78 is 0. The summed E-state index contributed by atoms with van der Waals surface area (Å²) in [6.45, 7) is 5.62. The first-order chi connectivity index (χ1) is 13.8. The SMILES string of the molecule is CN(C(=O)c1cccc(NC(=O)C(C)(C)C)c1)C1CCC(c2ccccc2)CC1. The topological polar surface area (TPSA) is 49.4 Å². The van der Waals surface area contributed by atoms with Crippen molar-refractivity contribution in [2.75, 3.05) is 12.4 Å². The third kappa shape index (κ3) is 5.26. The summed E-state index contributed by atoms with van der Waals surface area (Å²) >= 11 is 0. The maximum Gasteiger partial charge on any atom is 0.253 e. The van der Waals surface area contributed by atoms with Gasteiger partial charge in [-0.1, -0.05) is 57.2 Å². The molecule has 0 aromatic heterocycles. The minimum atomic E-state index is -0.478. The van der Waals surface area contributed by atoms with Gasteiger partial charge in [-0.2, -0.15) is 0 Å². The lowest BCUT2D eigenvalue weighted by Crippen LogP contribution is -2.39. The first-order valence-electron chi connectivity index (χ1n) is 10.5. The molecule has 4 nitrogen and oxygen atoms in total. The Kier molecular flexibility index (Phi) is 6.41. The van der Waals surface area contributed by atoms with Crippen LogP contribution in [0.5, 0.6) is 0 Å². The zero-order valence-corrected chi connectivity index (χ0v) is 17.9. The zero-order valence-electron chi connectivity index (χ0n) is 17.9. The lowest BCUT2D eigenvalue weighted by Gasteiger charge is -2.35. The highest BCUT2D eigenvalue weighted by Crippen LogP contribution is 2.34. The van der Waals surface area contributed by atoms with Crippen LogP contribution in [0.15, 0.2) is 54.6 Å². The van der Waals surface area contributed by atoms with Crippen molar-refractivity contribution in [3.05, 3.63) is 65.7 Å². The molecule has 0 unspecified atom stereocenters. The summed E-state index contributed by atoms with van der Waals surface area (Å²) in [5, 5.41) is 2.91. The van der Waals surface area contributed by atoms with E-state index in [0.29, 0.717) is 17.2 Å². The monoisotopic (exact) mass is 392 g/mol. The van der Waals surface area contributed by atoms with E-state index in [9.17, 15) is 9.59 Å². The van der Waals surface area contributed by atoms with Crippen LogP contribution in [-0.4, -0.2) is 29.8 Å². The lowest BCUT2D eigenvalue weighted by atomic mass is 9.81. The highest BCUT2D eigenvalue weighted by molar-refractivity contribution is 5.98. The van der Waals surface area contributed by atoms with Crippen LogP contribution < -0.4 is 5.32 Å². The predicted octanol–water partition coefficient (Wildman–Crippen LogP) is 5.47. The van der Waals surface area contributed by atoms with Crippen LogP contribution in [0, 0.1) is 5.41 Å². The molecule has 2 aromatic rings. The summed E-state index contributed by atoms with van der Waals surface area (Å²) in [7, 11) is 1.90. The van der Waals surface area contributed by atoms with Crippen LogP contribution in [0.2, 0.25) is 0 Å². The van der Waals surface area contributed by atoms with Crippen LogP contribution >= 0.6 is 0 Å². The van der Waals surface area contributed by atoms with Crippen molar-refractivity contribution in [2.24, 2.45) is 5.41 Å². The summed E-state index contributed by atoms with van der Waals surface area (Å²) in [6, 6.07) is 18.2. The van der Waals surface area contributed by atoms with Crippen molar-refractivity contribution in [1.29, 1.82) is 0 Å². The van der Waals surface area contributed by atoms with Gasteiger partial charge in [0.2, 0.25) is 5.91 Å². The number of benzene rings is 2. The number of amides is 2. The normalized spacial score (nSPS) is 19.4. The lowest BCUT2D eigenvalue weighted by molar-refractivity contribution is -0.123. The van der Waals surface area contributed by atoms with Gasteiger partial charge in [0.25, 0.3) is 5.91 Å². The van der Waals surface area contributed by atoms with Crippen molar-refractivity contribution in [1.82, 2.24) is 4.90 Å². The van der Waals surface area contributed by atoms with E-state index < -0.39 is 5.41 Å². The second kappa shape index (κ2) is 8.81. The first kappa shape index (κ1) is 21.1. The molecule has 1 aliphatic carbocycles. The number of carbonyl (C=O) groups is 2. The smallest absolute Gasteiger partial charge is 0.253 e. The molecule has 2 aromatic carbocycles. The maximum absolute atomic E-state index is 13.0. The Bertz CT molecular complexity index is 847. The largest absolute Gasteiger partial charge is 0.339 e. The van der Waals surface area contributed by atoms with Crippen LogP contribution in [0.4, 0.5) is 5.69 Å². The predicted molar refractivity (Wildman–Crippen MR) is 118 cm³/mol. The van der Waals surface area contributed by atoms with Gasteiger partial charge in [0, 0.05) is 29.8 Å². The zero-order chi connectivity index (χ0) is 21.0. The van der Waals surface area contributed by atoms with E-state index in [-0.39, 0.29) is 17.9 Å². The number of nitrogens with zero attached hydrogens (tertiary/aromatic N) is 1. The van der Waals surface area contributed by atoms with Crippen LogP contribution in [0.25, 0.3) is 0 Å². The minimum Gasteiger partial charge on any atom is -0.339 e. The molecular weight excluding hydrogens is 360 g/mol. The van der Waals surface area contributed by atoms with Gasteiger partial charge < -0.3 is 10.2 Å². The van der Waals surface area contributed by atoms with Crippen LogP contribution in [-0.2, 0) is 4.79 Å². The Morgan fingerprint density at radius 2 is 1.59 bits per heavy atom. The second-order valence-electron chi connectivity index (χ2n) is 9.12. The average molecular weight is 393 g/mol. The molecule has 0 bridgehead atoms. The standard InChI is InChI=1S/C25H32N2O2/c1-25(2,3)24(29)26-21-12-8-11-20(17-21)23(28)27(4)22-15-13-19(14-16-22)18-9-6-5-7-10-18/h5-12,17,19,22H,13-16H2,1-4H3,(H,26,29). The minimum absolute atomic E-state index is 0.0139. The molecule has 0 saturated heterocycles. The maximum atomic E-state index is 13.0. The van der Waals surface area contributed by atoms with E-state index in [1.54, 1.807) is 6.07 Å². The molecule has 0 spiro atoms. The number of anilines is 1. The Morgan fingerprint density at radius 3 is 2.21 bits per heavy atom. The first-order valence-corrected chi connectivity index (χ1v) is 10.5. The Morgan fingerprint density at radius 1 is 0.931 bits per heavy atom. The molecule has 1 fully saturated rings. The van der Waals surface area contributed by atoms with Crippen molar-refractivity contribution in [2.45, 2.75) is 58.4 Å². The summed E-state index contributed by atoms with van der Waals surface area (Å²) in [5.41, 5.74) is 2.21. The van der Waals surface area contributed by atoms with E-state index in [0.717, 1.165) is 25.7 Å². The van der Waals surface area contributed by atoms with Gasteiger partial charge in [-0.3, -0.25) is 9.59 Å². The third-order valence-corrected chi connectivity index (χ3v) is 5.88. The van der Waals surface area contributed by atoms with E-state index in [1.807, 2.05) is 50.9 Å². The van der Waals surface area contributed by atoms with E-state index in [1.165, 1.54) is 5.56 Å². The van der Waals surface area contributed by atoms with E-state index in [4.69, 9.17) is 0 Å². The molecule has 2 amide bonds. The number of hydrogen-bond acceptors (Lipinski definition) is 2. The van der Waals surface area contributed by atoms with Crippen LogP contribution in [0.1, 0.15) is 68.3 Å². The Balaban J connectivity index is 1.62. The van der Waals surface area contributed by atoms with Crippen molar-refractivity contribution < 1.29 is 9.59 Å². The summed E-state index contributed by atoms with van der Waals surface area (Å²) in [6.07, 6.45) is 4.24. The second-order valence-corrected chi connectivity index (χ2v) is 9.12. The highest BCUT2D eigenvalue weighted by atomic mass is 16.2. The average Bonchev–Trinajstić information content (AvgIpc) is 2.73. The highest BCUT2D eigenvalue weighted by Gasteiger charge is 2.28. The summed E-state index contributed by atoms with van der Waals surface area (Å²) in [5.74, 6) is 0.543. The van der Waals surface area contributed by atoms with Gasteiger partial charge >= 0.3 is 0 Å². The Labute approximate surface area is 174 Å². The molecule has 29 heavy (non-hydrogen) atoms. The van der Waals surface area contributed by atoms with Crippen molar-refractivity contribution >= 4 is 17.5 Å². The molecule has 3 rings (SSSR count). The van der Waals surface area contributed by atoms with Gasteiger partial charge in [-0.25, -0.2) is 0 Å². The molecule has 0 atom stereocenters. The van der Waals surface area contributed by atoms with Gasteiger partial charge in [0.05, 0.1) is 0 Å². The van der Waals surface area contributed by atoms with Gasteiger partial charge in [-0.05, 0) is 55.4 Å². The molecular formula is C25H32N2O2. The van der Waals surface area contributed by atoms with E-state index >= 15 is 0 Å². The van der Waals surface area contributed by atoms with Gasteiger partial charge in [0.1, 0.15) is 0 Å². The molecule has 1 N–H and O–H groups in total. The fourth-order valence-electron chi connectivity index (χ4n) is 3.94. The molecule has 1 aliphatic rings. The number of hydrogen-bond donors (Lipinski definition) is 1. The molecule has 0 heterocycles. The fourth-order valence-corrected chi connectivity index (χ4v) is 3.94. The fraction of sp³-hybridized carbons (Fsp3) is 0.440. The molecule has 0 radical (unpaired) electrons. The number of rotatable bonds is 4. The van der Waals surface area contributed by atoms with Crippen molar-refractivity contribution in [3.8, 4) is 0 Å². The van der Waals surface area contributed by atoms with Crippen LogP contribution in [0.3, 0.4) is 0 Å². The number of nitrogens with one attached hydrogen (secondary N) is 1. The van der Waals surface area contributed by atoms with E-state index in [2.05, 4.69) is 35.6 Å². The van der Waals surface area contributed by atoms with Gasteiger partial charge in [0.15, 0.2) is 0 Å². The Hall–Kier alpha value is -2.62. The summed E-state index contributed by atoms with van der Waals surface area (Å²) in [4.78, 5) is 27.2.